The van der Waals surface area contributed by atoms with E-state index in [2.05, 4.69) is 17.6 Å². The standard InChI is InChI=1S/C11H24N2O3/c1-4-5-9(2)13-11(15)7-12-6-10(14)8-16-3/h9-10,12,14H,4-8H2,1-3H3,(H,13,15). The summed E-state index contributed by atoms with van der Waals surface area (Å²) in [4.78, 5) is 11.4. The van der Waals surface area contributed by atoms with E-state index >= 15 is 0 Å². The Morgan fingerprint density at radius 2 is 2.19 bits per heavy atom. The van der Waals surface area contributed by atoms with Crippen LogP contribution < -0.4 is 10.6 Å². The van der Waals surface area contributed by atoms with Gasteiger partial charge >= 0.3 is 0 Å². The second-order valence-corrected chi connectivity index (χ2v) is 4.00. The maximum atomic E-state index is 11.4. The van der Waals surface area contributed by atoms with Gasteiger partial charge in [0.05, 0.1) is 19.3 Å². The zero-order valence-electron chi connectivity index (χ0n) is 10.5. The number of nitrogens with one attached hydrogen (secondary N) is 2. The summed E-state index contributed by atoms with van der Waals surface area (Å²) in [6.07, 6.45) is 1.48. The van der Waals surface area contributed by atoms with E-state index in [9.17, 15) is 9.90 Å². The minimum atomic E-state index is -0.564. The summed E-state index contributed by atoms with van der Waals surface area (Å²) < 4.78 is 4.77. The average Bonchev–Trinajstić information content (AvgIpc) is 2.18. The van der Waals surface area contributed by atoms with Crippen LogP contribution in [0, 0.1) is 0 Å². The van der Waals surface area contributed by atoms with Crippen LogP contribution in [-0.2, 0) is 9.53 Å². The molecule has 0 aliphatic rings. The molecule has 0 aromatic rings. The molecule has 0 heterocycles. The van der Waals surface area contributed by atoms with Crippen LogP contribution in [0.15, 0.2) is 0 Å². The maximum absolute atomic E-state index is 11.4. The summed E-state index contributed by atoms with van der Waals surface area (Å²) in [5.41, 5.74) is 0. The van der Waals surface area contributed by atoms with Gasteiger partial charge in [0, 0.05) is 19.7 Å². The van der Waals surface area contributed by atoms with Crippen molar-refractivity contribution < 1.29 is 14.6 Å². The van der Waals surface area contributed by atoms with E-state index in [4.69, 9.17) is 4.74 Å². The normalized spacial score (nSPS) is 14.5. The SMILES string of the molecule is CCCC(C)NC(=O)CNCC(O)COC. The number of rotatable bonds is 9. The lowest BCUT2D eigenvalue weighted by Crippen LogP contribution is -2.41. The topological polar surface area (TPSA) is 70.6 Å². The fourth-order valence-corrected chi connectivity index (χ4v) is 1.43. The summed E-state index contributed by atoms with van der Waals surface area (Å²) in [5, 5.41) is 15.1. The van der Waals surface area contributed by atoms with Gasteiger partial charge in [-0.1, -0.05) is 13.3 Å². The Morgan fingerprint density at radius 3 is 2.75 bits per heavy atom. The van der Waals surface area contributed by atoms with Crippen molar-refractivity contribution in [3.63, 3.8) is 0 Å². The summed E-state index contributed by atoms with van der Waals surface area (Å²) in [7, 11) is 1.53. The summed E-state index contributed by atoms with van der Waals surface area (Å²) >= 11 is 0. The molecule has 0 aromatic carbocycles. The van der Waals surface area contributed by atoms with E-state index in [0.717, 1.165) is 12.8 Å². The summed E-state index contributed by atoms with van der Waals surface area (Å²) in [5.74, 6) is -0.0365. The van der Waals surface area contributed by atoms with Crippen molar-refractivity contribution >= 4 is 5.91 Å². The lowest BCUT2D eigenvalue weighted by molar-refractivity contribution is -0.120. The zero-order valence-corrected chi connectivity index (χ0v) is 10.5. The minimum absolute atomic E-state index is 0.0365. The number of hydrogen-bond acceptors (Lipinski definition) is 4. The largest absolute Gasteiger partial charge is 0.389 e. The Labute approximate surface area is 97.6 Å². The molecule has 0 spiro atoms. The zero-order chi connectivity index (χ0) is 12.4. The van der Waals surface area contributed by atoms with Crippen molar-refractivity contribution in [2.45, 2.75) is 38.8 Å². The second kappa shape index (κ2) is 9.57. The molecule has 0 aliphatic heterocycles. The van der Waals surface area contributed by atoms with Crippen molar-refractivity contribution in [1.29, 1.82) is 0 Å². The van der Waals surface area contributed by atoms with Crippen LogP contribution in [0.4, 0.5) is 0 Å². The first-order valence-corrected chi connectivity index (χ1v) is 5.77. The highest BCUT2D eigenvalue weighted by molar-refractivity contribution is 5.78. The van der Waals surface area contributed by atoms with Crippen LogP contribution in [0.3, 0.4) is 0 Å². The van der Waals surface area contributed by atoms with E-state index in [0.29, 0.717) is 6.54 Å². The summed E-state index contributed by atoms with van der Waals surface area (Å²) in [6.45, 7) is 4.95. The van der Waals surface area contributed by atoms with Gasteiger partial charge in [-0.15, -0.1) is 0 Å². The van der Waals surface area contributed by atoms with Gasteiger partial charge in [-0.3, -0.25) is 4.79 Å². The molecule has 96 valence electrons. The third-order valence-electron chi connectivity index (χ3n) is 2.15. The van der Waals surface area contributed by atoms with Crippen LogP contribution in [0.2, 0.25) is 0 Å². The first kappa shape index (κ1) is 15.3. The Bertz CT molecular complexity index is 188. The molecule has 0 aliphatic carbocycles. The number of hydrogen-bond donors (Lipinski definition) is 3. The number of carbonyl (C=O) groups is 1. The number of carbonyl (C=O) groups excluding carboxylic acids is 1. The van der Waals surface area contributed by atoms with Crippen LogP contribution >= 0.6 is 0 Å². The monoisotopic (exact) mass is 232 g/mol. The van der Waals surface area contributed by atoms with Gasteiger partial charge in [-0.25, -0.2) is 0 Å². The predicted molar refractivity (Wildman–Crippen MR) is 63.3 cm³/mol. The number of aliphatic hydroxyl groups excluding tert-OH is 1. The smallest absolute Gasteiger partial charge is 0.234 e. The van der Waals surface area contributed by atoms with Crippen molar-refractivity contribution in [2.24, 2.45) is 0 Å². The molecule has 0 aromatic heterocycles. The molecular weight excluding hydrogens is 208 g/mol. The fourth-order valence-electron chi connectivity index (χ4n) is 1.43. The molecule has 1 amide bonds. The molecule has 0 rings (SSSR count). The third kappa shape index (κ3) is 8.64. The lowest BCUT2D eigenvalue weighted by atomic mass is 10.2. The lowest BCUT2D eigenvalue weighted by Gasteiger charge is -2.14. The molecular formula is C11H24N2O3. The van der Waals surface area contributed by atoms with Crippen LogP contribution in [-0.4, -0.2) is 50.0 Å². The molecule has 0 saturated heterocycles. The van der Waals surface area contributed by atoms with Crippen LogP contribution in [0.1, 0.15) is 26.7 Å². The molecule has 0 bridgehead atoms. The highest BCUT2D eigenvalue weighted by Crippen LogP contribution is 1.93. The quantitative estimate of drug-likeness (QED) is 0.519. The van der Waals surface area contributed by atoms with Crippen molar-refractivity contribution in [3.05, 3.63) is 0 Å². The Hall–Kier alpha value is -0.650. The van der Waals surface area contributed by atoms with Crippen molar-refractivity contribution in [2.75, 3.05) is 26.8 Å². The molecule has 2 atom stereocenters. The number of ether oxygens (including phenoxy) is 1. The number of amides is 1. The summed E-state index contributed by atoms with van der Waals surface area (Å²) in [6, 6.07) is 0.211. The molecule has 3 N–H and O–H groups in total. The van der Waals surface area contributed by atoms with E-state index in [1.54, 1.807) is 0 Å². The molecule has 0 saturated carbocycles. The van der Waals surface area contributed by atoms with E-state index < -0.39 is 6.10 Å². The Kier molecular flexibility index (Phi) is 9.18. The molecule has 5 nitrogen and oxygen atoms in total. The second-order valence-electron chi connectivity index (χ2n) is 4.00. The van der Waals surface area contributed by atoms with E-state index in [1.165, 1.54) is 7.11 Å². The fraction of sp³-hybridized carbons (Fsp3) is 0.909. The minimum Gasteiger partial charge on any atom is -0.389 e. The maximum Gasteiger partial charge on any atom is 0.234 e. The molecule has 16 heavy (non-hydrogen) atoms. The van der Waals surface area contributed by atoms with Crippen LogP contribution in [0.5, 0.6) is 0 Å². The van der Waals surface area contributed by atoms with Gasteiger partial charge in [0.15, 0.2) is 0 Å². The number of aliphatic hydroxyl groups is 1. The van der Waals surface area contributed by atoms with E-state index in [-0.39, 0.29) is 25.1 Å². The molecule has 0 fully saturated rings. The molecule has 0 radical (unpaired) electrons. The third-order valence-corrected chi connectivity index (χ3v) is 2.15. The average molecular weight is 232 g/mol. The van der Waals surface area contributed by atoms with Gasteiger partial charge in [0.25, 0.3) is 0 Å². The highest BCUT2D eigenvalue weighted by Gasteiger charge is 2.07. The Morgan fingerprint density at radius 1 is 1.50 bits per heavy atom. The Balaban J connectivity index is 3.50. The number of methoxy groups -OCH3 is 1. The van der Waals surface area contributed by atoms with Gasteiger partial charge in [0.2, 0.25) is 5.91 Å². The van der Waals surface area contributed by atoms with Crippen molar-refractivity contribution in [3.8, 4) is 0 Å². The van der Waals surface area contributed by atoms with Gasteiger partial charge in [-0.2, -0.15) is 0 Å². The first-order chi connectivity index (χ1) is 7.60. The predicted octanol–water partition coefficient (Wildman–Crippen LogP) is -0.112. The van der Waals surface area contributed by atoms with Crippen LogP contribution in [0.25, 0.3) is 0 Å². The highest BCUT2D eigenvalue weighted by atomic mass is 16.5. The van der Waals surface area contributed by atoms with E-state index in [1.807, 2.05) is 6.92 Å². The van der Waals surface area contributed by atoms with Gasteiger partial charge in [0.1, 0.15) is 0 Å². The van der Waals surface area contributed by atoms with Gasteiger partial charge in [-0.05, 0) is 13.3 Å². The first-order valence-electron chi connectivity index (χ1n) is 5.77. The molecule has 2 unspecified atom stereocenters. The van der Waals surface area contributed by atoms with Crippen molar-refractivity contribution in [1.82, 2.24) is 10.6 Å². The van der Waals surface area contributed by atoms with Gasteiger partial charge < -0.3 is 20.5 Å². The molecule has 5 heteroatoms.